The van der Waals surface area contributed by atoms with Crippen LogP contribution in [0.3, 0.4) is 0 Å². The average Bonchev–Trinajstić information content (AvgIpc) is 2.49. The molecule has 0 heterocycles. The van der Waals surface area contributed by atoms with Gasteiger partial charge >= 0.3 is 0 Å². The number of rotatable bonds is 5. The van der Waals surface area contributed by atoms with E-state index in [9.17, 15) is 0 Å². The molecule has 0 unspecified atom stereocenters. The molecule has 2 aromatic carbocycles. The Morgan fingerprint density at radius 3 is 2.45 bits per heavy atom. The van der Waals surface area contributed by atoms with Crippen LogP contribution in [0.1, 0.15) is 5.56 Å². The Kier molecular flexibility index (Phi) is 4.88. The number of benzene rings is 2. The number of anilines is 2. The first-order chi connectivity index (χ1) is 9.67. The van der Waals surface area contributed by atoms with Gasteiger partial charge in [-0.05, 0) is 54.9 Å². The molecule has 0 aliphatic rings. The molecule has 0 aliphatic carbocycles. The van der Waals surface area contributed by atoms with Crippen LogP contribution in [-0.4, -0.2) is 20.7 Å². The summed E-state index contributed by atoms with van der Waals surface area (Å²) in [5.74, 6) is 0.843. The van der Waals surface area contributed by atoms with Crippen molar-refractivity contribution in [3.63, 3.8) is 0 Å². The Labute approximate surface area is 124 Å². The number of methoxy groups -OCH3 is 1. The van der Waals surface area contributed by atoms with Gasteiger partial charge in [-0.3, -0.25) is 0 Å². The first-order valence-corrected chi connectivity index (χ1v) is 6.90. The Bertz CT molecular complexity index is 569. The van der Waals surface area contributed by atoms with Crippen LogP contribution in [-0.2, 0) is 6.42 Å². The van der Waals surface area contributed by atoms with Gasteiger partial charge in [0.15, 0.2) is 0 Å². The van der Waals surface area contributed by atoms with Crippen molar-refractivity contribution in [2.75, 3.05) is 25.6 Å². The monoisotopic (exact) mass is 290 g/mol. The van der Waals surface area contributed by atoms with Crippen molar-refractivity contribution in [1.82, 2.24) is 0 Å². The summed E-state index contributed by atoms with van der Waals surface area (Å²) in [7, 11) is 3.68. The second-order valence-electron chi connectivity index (χ2n) is 4.53. The summed E-state index contributed by atoms with van der Waals surface area (Å²) in [6, 6.07) is 13.8. The highest BCUT2D eigenvalue weighted by Gasteiger charge is 2.11. The van der Waals surface area contributed by atoms with Crippen molar-refractivity contribution in [1.29, 1.82) is 0 Å². The van der Waals surface area contributed by atoms with Crippen molar-refractivity contribution in [2.24, 2.45) is 5.73 Å². The van der Waals surface area contributed by atoms with Crippen LogP contribution in [0.5, 0.6) is 5.75 Å². The van der Waals surface area contributed by atoms with Gasteiger partial charge in [0.2, 0.25) is 0 Å². The highest BCUT2D eigenvalue weighted by atomic mass is 35.5. The smallest absolute Gasteiger partial charge is 0.119 e. The van der Waals surface area contributed by atoms with Crippen molar-refractivity contribution in [3.05, 3.63) is 53.1 Å². The van der Waals surface area contributed by atoms with Gasteiger partial charge in [-0.15, -0.1) is 0 Å². The fraction of sp³-hybridized carbons (Fsp3) is 0.250. The quantitative estimate of drug-likeness (QED) is 0.914. The van der Waals surface area contributed by atoms with E-state index >= 15 is 0 Å². The second-order valence-corrected chi connectivity index (χ2v) is 4.94. The number of ether oxygens (including phenoxy) is 1. The van der Waals surface area contributed by atoms with Crippen molar-refractivity contribution in [2.45, 2.75) is 6.42 Å². The minimum Gasteiger partial charge on any atom is -0.497 e. The lowest BCUT2D eigenvalue weighted by atomic mass is 10.1. The second kappa shape index (κ2) is 6.64. The van der Waals surface area contributed by atoms with Gasteiger partial charge in [0.1, 0.15) is 5.75 Å². The molecule has 0 fully saturated rings. The van der Waals surface area contributed by atoms with Crippen LogP contribution < -0.4 is 15.4 Å². The third-order valence-corrected chi connectivity index (χ3v) is 3.66. The molecule has 2 N–H and O–H groups in total. The SMILES string of the molecule is COc1ccc(N(C)c2cccc(Cl)c2CCN)cc1. The summed E-state index contributed by atoms with van der Waals surface area (Å²) in [4.78, 5) is 2.11. The standard InChI is InChI=1S/C16H19ClN2O/c1-19(12-6-8-13(20-2)9-7-12)16-5-3-4-15(17)14(16)10-11-18/h3-9H,10-11,18H2,1-2H3. The predicted octanol–water partition coefficient (Wildman–Crippen LogP) is 3.62. The van der Waals surface area contributed by atoms with E-state index in [0.717, 1.165) is 34.1 Å². The van der Waals surface area contributed by atoms with Gasteiger partial charge in [0.25, 0.3) is 0 Å². The molecule has 0 spiro atoms. The molecule has 0 amide bonds. The molecule has 0 radical (unpaired) electrons. The molecular formula is C16H19ClN2O. The maximum atomic E-state index is 6.29. The lowest BCUT2D eigenvalue weighted by Gasteiger charge is -2.23. The van der Waals surface area contributed by atoms with E-state index in [4.69, 9.17) is 22.1 Å². The molecule has 0 aliphatic heterocycles. The molecule has 2 aromatic rings. The van der Waals surface area contributed by atoms with E-state index in [-0.39, 0.29) is 0 Å². The third-order valence-electron chi connectivity index (χ3n) is 3.31. The van der Waals surface area contributed by atoms with Crippen LogP contribution >= 0.6 is 11.6 Å². The van der Waals surface area contributed by atoms with Gasteiger partial charge in [0, 0.05) is 23.4 Å². The zero-order chi connectivity index (χ0) is 14.5. The average molecular weight is 291 g/mol. The minimum atomic E-state index is 0.577. The van der Waals surface area contributed by atoms with Crippen molar-refractivity contribution in [3.8, 4) is 5.75 Å². The lowest BCUT2D eigenvalue weighted by molar-refractivity contribution is 0.415. The zero-order valence-electron chi connectivity index (χ0n) is 11.8. The third kappa shape index (κ3) is 3.06. The van der Waals surface area contributed by atoms with Crippen molar-refractivity contribution >= 4 is 23.0 Å². The predicted molar refractivity (Wildman–Crippen MR) is 85.3 cm³/mol. The summed E-state index contributed by atoms with van der Waals surface area (Å²) < 4.78 is 5.18. The first-order valence-electron chi connectivity index (χ1n) is 6.52. The molecule has 0 aromatic heterocycles. The van der Waals surface area contributed by atoms with Crippen LogP contribution in [0.15, 0.2) is 42.5 Å². The van der Waals surface area contributed by atoms with E-state index < -0.39 is 0 Å². The van der Waals surface area contributed by atoms with Crippen LogP contribution in [0, 0.1) is 0 Å². The van der Waals surface area contributed by atoms with Gasteiger partial charge in [-0.2, -0.15) is 0 Å². The zero-order valence-corrected chi connectivity index (χ0v) is 12.5. The molecule has 0 saturated carbocycles. The molecule has 2 rings (SSSR count). The van der Waals surface area contributed by atoms with Gasteiger partial charge in [0.05, 0.1) is 7.11 Å². The molecular weight excluding hydrogens is 272 g/mol. The highest BCUT2D eigenvalue weighted by Crippen LogP contribution is 2.32. The van der Waals surface area contributed by atoms with E-state index in [1.165, 1.54) is 0 Å². The number of hydrogen-bond acceptors (Lipinski definition) is 3. The Morgan fingerprint density at radius 2 is 1.85 bits per heavy atom. The first kappa shape index (κ1) is 14.7. The van der Waals surface area contributed by atoms with Crippen LogP contribution in [0.4, 0.5) is 11.4 Å². The lowest BCUT2D eigenvalue weighted by Crippen LogP contribution is -2.14. The fourth-order valence-corrected chi connectivity index (χ4v) is 2.46. The van der Waals surface area contributed by atoms with Gasteiger partial charge in [-0.25, -0.2) is 0 Å². The topological polar surface area (TPSA) is 38.5 Å². The maximum absolute atomic E-state index is 6.29. The van der Waals surface area contributed by atoms with Gasteiger partial charge < -0.3 is 15.4 Å². The summed E-state index contributed by atoms with van der Waals surface area (Å²) in [6.07, 6.45) is 0.759. The number of halogens is 1. The van der Waals surface area contributed by atoms with Gasteiger partial charge in [-0.1, -0.05) is 17.7 Å². The molecule has 0 bridgehead atoms. The number of nitrogens with two attached hydrogens (primary N) is 1. The fourth-order valence-electron chi connectivity index (χ4n) is 2.20. The molecule has 3 nitrogen and oxygen atoms in total. The molecule has 0 atom stereocenters. The van der Waals surface area contributed by atoms with E-state index in [2.05, 4.69) is 11.0 Å². The minimum absolute atomic E-state index is 0.577. The largest absolute Gasteiger partial charge is 0.497 e. The van der Waals surface area contributed by atoms with E-state index in [1.807, 2.05) is 43.4 Å². The number of hydrogen-bond donors (Lipinski definition) is 1. The maximum Gasteiger partial charge on any atom is 0.119 e. The Hall–Kier alpha value is -1.71. The molecule has 0 saturated heterocycles. The van der Waals surface area contributed by atoms with Crippen LogP contribution in [0.25, 0.3) is 0 Å². The number of nitrogens with zero attached hydrogens (tertiary/aromatic N) is 1. The Balaban J connectivity index is 2.36. The molecule has 106 valence electrons. The normalized spacial score (nSPS) is 10.4. The summed E-state index contributed by atoms with van der Waals surface area (Å²) in [6.45, 7) is 0.577. The Morgan fingerprint density at radius 1 is 1.15 bits per heavy atom. The molecule has 4 heteroatoms. The summed E-state index contributed by atoms with van der Waals surface area (Å²) >= 11 is 6.29. The van der Waals surface area contributed by atoms with Crippen molar-refractivity contribution < 1.29 is 4.74 Å². The van der Waals surface area contributed by atoms with Crippen LogP contribution in [0.2, 0.25) is 5.02 Å². The highest BCUT2D eigenvalue weighted by molar-refractivity contribution is 6.31. The molecule has 20 heavy (non-hydrogen) atoms. The summed E-state index contributed by atoms with van der Waals surface area (Å²) in [5.41, 5.74) is 8.91. The van der Waals surface area contributed by atoms with E-state index in [0.29, 0.717) is 6.54 Å². The summed E-state index contributed by atoms with van der Waals surface area (Å²) in [5, 5.41) is 0.758. The van der Waals surface area contributed by atoms with E-state index in [1.54, 1.807) is 7.11 Å².